The summed E-state index contributed by atoms with van der Waals surface area (Å²) in [6, 6.07) is 0. The van der Waals surface area contributed by atoms with Gasteiger partial charge in [0.1, 0.15) is 6.61 Å². The fourth-order valence-electron chi connectivity index (χ4n) is 3.41. The van der Waals surface area contributed by atoms with E-state index in [0.717, 1.165) is 64.2 Å². The van der Waals surface area contributed by atoms with Crippen molar-refractivity contribution in [3.8, 4) is 0 Å². The van der Waals surface area contributed by atoms with Crippen LogP contribution in [0, 0.1) is 0 Å². The van der Waals surface area contributed by atoms with Gasteiger partial charge in [-0.25, -0.2) is 4.57 Å². The van der Waals surface area contributed by atoms with Gasteiger partial charge in [-0.3, -0.25) is 18.6 Å². The van der Waals surface area contributed by atoms with Gasteiger partial charge in [0, 0.05) is 19.4 Å². The van der Waals surface area contributed by atoms with Crippen LogP contribution in [0.3, 0.4) is 0 Å². The van der Waals surface area contributed by atoms with E-state index in [1.807, 2.05) is 6.92 Å². The maximum atomic E-state index is 12.3. The number of ether oxygens (including phenoxy) is 2. The van der Waals surface area contributed by atoms with Crippen LogP contribution in [0.1, 0.15) is 104 Å². The molecule has 0 amide bonds. The molecule has 0 aromatic carbocycles. The van der Waals surface area contributed by atoms with E-state index in [4.69, 9.17) is 24.3 Å². The molecule has 0 rings (SSSR count). The fourth-order valence-corrected chi connectivity index (χ4v) is 4.17. The van der Waals surface area contributed by atoms with Gasteiger partial charge in [-0.2, -0.15) is 0 Å². The Morgan fingerprint density at radius 3 is 2.10 bits per heavy atom. The number of phosphoric acid groups is 1. The van der Waals surface area contributed by atoms with Gasteiger partial charge in [-0.05, 0) is 44.9 Å². The number of hydrogen-bond donors (Lipinski definition) is 2. The summed E-state index contributed by atoms with van der Waals surface area (Å²) in [5.41, 5.74) is 5.27. The highest BCUT2D eigenvalue weighted by atomic mass is 31.2. The van der Waals surface area contributed by atoms with Gasteiger partial charge >= 0.3 is 19.8 Å². The van der Waals surface area contributed by atoms with Crippen molar-refractivity contribution in [2.75, 3.05) is 26.4 Å². The molecule has 9 nitrogen and oxygen atoms in total. The molecule has 0 aromatic rings. The van der Waals surface area contributed by atoms with Gasteiger partial charge in [0.15, 0.2) is 6.10 Å². The van der Waals surface area contributed by atoms with E-state index in [9.17, 15) is 19.0 Å². The molecule has 39 heavy (non-hydrogen) atoms. The van der Waals surface area contributed by atoms with Gasteiger partial charge < -0.3 is 20.1 Å². The van der Waals surface area contributed by atoms with Crippen molar-refractivity contribution in [3.05, 3.63) is 36.5 Å². The van der Waals surface area contributed by atoms with Crippen molar-refractivity contribution in [1.82, 2.24) is 0 Å². The molecule has 0 spiro atoms. The zero-order valence-electron chi connectivity index (χ0n) is 24.1. The summed E-state index contributed by atoms with van der Waals surface area (Å²) in [6.45, 7) is 3.36. The highest BCUT2D eigenvalue weighted by Gasteiger charge is 2.25. The van der Waals surface area contributed by atoms with Crippen molar-refractivity contribution < 1.29 is 37.6 Å². The van der Waals surface area contributed by atoms with Crippen molar-refractivity contribution in [2.24, 2.45) is 5.73 Å². The van der Waals surface area contributed by atoms with Crippen LogP contribution in [-0.2, 0) is 32.7 Å². The Balaban J connectivity index is 4.24. The monoisotopic (exact) mass is 573 g/mol. The van der Waals surface area contributed by atoms with Crippen LogP contribution < -0.4 is 5.73 Å². The Kier molecular flexibility index (Phi) is 25.3. The van der Waals surface area contributed by atoms with Gasteiger partial charge in [-0.15, -0.1) is 0 Å². The summed E-state index contributed by atoms with van der Waals surface area (Å²) in [5, 5.41) is 0. The predicted octanol–water partition coefficient (Wildman–Crippen LogP) is 6.70. The van der Waals surface area contributed by atoms with E-state index in [1.165, 1.54) is 0 Å². The Morgan fingerprint density at radius 1 is 0.795 bits per heavy atom. The minimum atomic E-state index is -4.35. The van der Waals surface area contributed by atoms with E-state index < -0.39 is 32.5 Å². The van der Waals surface area contributed by atoms with Crippen LogP contribution in [0.5, 0.6) is 0 Å². The van der Waals surface area contributed by atoms with Crippen LogP contribution in [0.15, 0.2) is 36.5 Å². The largest absolute Gasteiger partial charge is 0.472 e. The normalized spacial score (nSPS) is 14.3. The first-order chi connectivity index (χ1) is 18.8. The average molecular weight is 574 g/mol. The quantitative estimate of drug-likeness (QED) is 0.0501. The smallest absolute Gasteiger partial charge is 0.462 e. The van der Waals surface area contributed by atoms with Crippen LogP contribution >= 0.6 is 7.82 Å². The van der Waals surface area contributed by atoms with E-state index >= 15 is 0 Å². The SMILES string of the molecule is CC/C=C\C/C=C\C/C=C\CCCCCCCC(=O)OC(COC(=O)CCCCC)COP(=O)(O)OCCN. The van der Waals surface area contributed by atoms with Crippen LogP contribution in [0.2, 0.25) is 0 Å². The predicted molar refractivity (Wildman–Crippen MR) is 155 cm³/mol. The minimum absolute atomic E-state index is 0.0490. The molecule has 0 aromatic heterocycles. The molecule has 0 aliphatic heterocycles. The number of unbranched alkanes of at least 4 members (excludes halogenated alkanes) is 7. The topological polar surface area (TPSA) is 134 Å². The second-order valence-corrected chi connectivity index (χ2v) is 10.7. The van der Waals surface area contributed by atoms with Crippen molar-refractivity contribution in [1.29, 1.82) is 0 Å². The van der Waals surface area contributed by atoms with Gasteiger partial charge in [0.05, 0.1) is 13.2 Å². The second-order valence-electron chi connectivity index (χ2n) is 9.24. The molecule has 10 heteroatoms. The first kappa shape index (κ1) is 37.2. The number of esters is 2. The number of phosphoric ester groups is 1. The number of carbonyl (C=O) groups excluding carboxylic acids is 2. The third-order valence-corrected chi connectivity index (χ3v) is 6.52. The molecule has 0 aliphatic carbocycles. The second kappa shape index (κ2) is 26.5. The van der Waals surface area contributed by atoms with E-state index in [1.54, 1.807) is 0 Å². The first-order valence-corrected chi connectivity index (χ1v) is 16.0. The summed E-state index contributed by atoms with van der Waals surface area (Å²) >= 11 is 0. The fraction of sp³-hybridized carbons (Fsp3) is 0.724. The van der Waals surface area contributed by atoms with Crippen LogP contribution in [0.4, 0.5) is 0 Å². The summed E-state index contributed by atoms with van der Waals surface area (Å²) in [5.74, 6) is -0.885. The Morgan fingerprint density at radius 2 is 1.41 bits per heavy atom. The lowest BCUT2D eigenvalue weighted by molar-refractivity contribution is -0.161. The number of rotatable bonds is 26. The molecule has 0 heterocycles. The summed E-state index contributed by atoms with van der Waals surface area (Å²) in [6.07, 6.45) is 24.1. The minimum Gasteiger partial charge on any atom is -0.462 e. The van der Waals surface area contributed by atoms with Crippen LogP contribution in [-0.4, -0.2) is 49.3 Å². The molecule has 0 fully saturated rings. The lowest BCUT2D eigenvalue weighted by atomic mass is 10.1. The number of allylic oxidation sites excluding steroid dienone is 6. The van der Waals surface area contributed by atoms with Crippen molar-refractivity contribution in [3.63, 3.8) is 0 Å². The Bertz CT molecular complexity index is 754. The highest BCUT2D eigenvalue weighted by molar-refractivity contribution is 7.47. The average Bonchev–Trinajstić information content (AvgIpc) is 2.91. The van der Waals surface area contributed by atoms with Crippen LogP contribution in [0.25, 0.3) is 0 Å². The molecule has 0 aliphatic rings. The molecule has 0 saturated carbocycles. The molecule has 3 N–H and O–H groups in total. The maximum Gasteiger partial charge on any atom is 0.472 e. The zero-order chi connectivity index (χ0) is 29.0. The van der Waals surface area contributed by atoms with E-state index in [0.29, 0.717) is 12.8 Å². The Hall–Kier alpha value is -1.77. The van der Waals surface area contributed by atoms with Gasteiger partial charge in [-0.1, -0.05) is 82.4 Å². The summed E-state index contributed by atoms with van der Waals surface area (Å²) in [7, 11) is -4.35. The summed E-state index contributed by atoms with van der Waals surface area (Å²) in [4.78, 5) is 33.9. The molecule has 0 bridgehead atoms. The highest BCUT2D eigenvalue weighted by Crippen LogP contribution is 2.43. The molecule has 0 radical (unpaired) electrons. The molecule has 2 unspecified atom stereocenters. The Labute approximate surface area is 235 Å². The first-order valence-electron chi connectivity index (χ1n) is 14.5. The zero-order valence-corrected chi connectivity index (χ0v) is 25.0. The molecule has 2 atom stereocenters. The molecule has 226 valence electrons. The lowest BCUT2D eigenvalue weighted by Crippen LogP contribution is -2.29. The summed E-state index contributed by atoms with van der Waals surface area (Å²) < 4.78 is 32.1. The van der Waals surface area contributed by atoms with Gasteiger partial charge in [0.2, 0.25) is 0 Å². The maximum absolute atomic E-state index is 12.3. The third-order valence-electron chi connectivity index (χ3n) is 5.54. The van der Waals surface area contributed by atoms with Crippen molar-refractivity contribution >= 4 is 19.8 Å². The number of carbonyl (C=O) groups is 2. The third kappa shape index (κ3) is 26.2. The molecule has 0 saturated heterocycles. The standard InChI is InChI=1S/C29H52NO8P/c1-3-5-7-8-9-10-11-12-13-14-15-16-17-18-20-22-29(32)38-27(25-35-28(31)21-19-6-4-2)26-37-39(33,34)36-24-23-30/h5,7,9-10,12-13,27H,3-4,6,8,11,14-26,30H2,1-2H3,(H,33,34)/b7-5-,10-9-,13-12-. The number of hydrogen-bond acceptors (Lipinski definition) is 8. The lowest BCUT2D eigenvalue weighted by Gasteiger charge is -2.19. The van der Waals surface area contributed by atoms with Gasteiger partial charge in [0.25, 0.3) is 0 Å². The van der Waals surface area contributed by atoms with E-state index in [-0.39, 0.29) is 32.6 Å². The molecular weight excluding hydrogens is 521 g/mol. The molecular formula is C29H52NO8P. The van der Waals surface area contributed by atoms with Crippen molar-refractivity contribution in [2.45, 2.75) is 110 Å². The van der Waals surface area contributed by atoms with E-state index in [2.05, 4.69) is 43.4 Å². The number of nitrogens with two attached hydrogens (primary N) is 1.